The zero-order valence-corrected chi connectivity index (χ0v) is 14.0. The molecular weight excluding hydrogens is 322 g/mol. The fourth-order valence-corrected chi connectivity index (χ4v) is 3.57. The molecule has 3 N–H and O–H groups in total. The van der Waals surface area contributed by atoms with Crippen LogP contribution in [0.5, 0.6) is 0 Å². The molecule has 1 aromatic carbocycles. The highest BCUT2D eigenvalue weighted by Gasteiger charge is 2.22. The molecule has 0 bridgehead atoms. The second-order valence-corrected chi connectivity index (χ2v) is 6.68. The molecule has 0 spiro atoms. The second-order valence-electron chi connectivity index (χ2n) is 5.11. The number of hydrogen-bond acceptors (Lipinski definition) is 3. The Kier molecular flexibility index (Phi) is 6.39. The number of carbonyl (C=O) groups is 2. The molecule has 0 radical (unpaired) electrons. The maximum absolute atomic E-state index is 12.0. The lowest BCUT2D eigenvalue weighted by atomic mass is 10.0. The minimum atomic E-state index is -0.189. The van der Waals surface area contributed by atoms with Crippen LogP contribution in [0, 0.1) is 0 Å². The zero-order valence-electron chi connectivity index (χ0n) is 12.4. The number of halogens is 1. The molecule has 2 rings (SSSR count). The first-order valence-electron chi connectivity index (χ1n) is 7.27. The lowest BCUT2D eigenvalue weighted by molar-refractivity contribution is -0.118. The summed E-state index contributed by atoms with van der Waals surface area (Å²) in [4.78, 5) is 23.9. The Morgan fingerprint density at radius 2 is 2.09 bits per heavy atom. The van der Waals surface area contributed by atoms with E-state index in [0.717, 1.165) is 17.7 Å². The molecule has 1 heterocycles. The number of thioether (sulfide) groups is 1. The van der Waals surface area contributed by atoms with Crippen molar-refractivity contribution in [3.8, 4) is 0 Å². The maximum Gasteiger partial charge on any atom is 0.315 e. The van der Waals surface area contributed by atoms with E-state index < -0.39 is 0 Å². The average molecular weight is 342 g/mol. The number of amides is 3. The number of benzene rings is 1. The molecule has 3 amide bonds. The summed E-state index contributed by atoms with van der Waals surface area (Å²) in [5.41, 5.74) is 1.08. The number of hydrogen-bond donors (Lipinski definition) is 3. The quantitative estimate of drug-likeness (QED) is 0.721. The zero-order chi connectivity index (χ0) is 15.9. The third-order valence-corrected chi connectivity index (χ3v) is 4.69. The van der Waals surface area contributed by atoms with E-state index in [1.165, 1.54) is 11.8 Å². The van der Waals surface area contributed by atoms with Gasteiger partial charge in [-0.3, -0.25) is 4.79 Å². The van der Waals surface area contributed by atoms with E-state index in [4.69, 9.17) is 11.6 Å². The first-order valence-corrected chi connectivity index (χ1v) is 8.63. The lowest BCUT2D eigenvalue weighted by Gasteiger charge is -2.26. The van der Waals surface area contributed by atoms with Gasteiger partial charge < -0.3 is 16.0 Å². The molecule has 5 nitrogen and oxygen atoms in total. The van der Waals surface area contributed by atoms with Crippen LogP contribution in [0.15, 0.2) is 23.1 Å². The molecule has 7 heteroatoms. The van der Waals surface area contributed by atoms with E-state index in [9.17, 15) is 9.59 Å². The van der Waals surface area contributed by atoms with Crippen molar-refractivity contribution in [1.29, 1.82) is 0 Å². The molecule has 1 aliphatic heterocycles. The summed E-state index contributed by atoms with van der Waals surface area (Å²) in [7, 11) is 0. The SMILES string of the molecule is CC(=O)NCCCNC(=O)N[C@H]1CCSc2ccc(Cl)cc21. The molecule has 0 aromatic heterocycles. The highest BCUT2D eigenvalue weighted by Crippen LogP contribution is 2.37. The van der Waals surface area contributed by atoms with Gasteiger partial charge in [-0.2, -0.15) is 0 Å². The predicted octanol–water partition coefficient (Wildman–Crippen LogP) is 2.70. The number of nitrogens with one attached hydrogen (secondary N) is 3. The van der Waals surface area contributed by atoms with Gasteiger partial charge in [0.2, 0.25) is 5.91 Å². The van der Waals surface area contributed by atoms with Crippen LogP contribution in [0.2, 0.25) is 5.02 Å². The molecule has 1 aromatic rings. The van der Waals surface area contributed by atoms with Crippen LogP contribution in [-0.2, 0) is 4.79 Å². The van der Waals surface area contributed by atoms with Gasteiger partial charge in [-0.05, 0) is 36.6 Å². The molecule has 120 valence electrons. The average Bonchev–Trinajstić information content (AvgIpc) is 2.47. The van der Waals surface area contributed by atoms with Gasteiger partial charge in [-0.25, -0.2) is 4.79 Å². The molecule has 1 aliphatic rings. The largest absolute Gasteiger partial charge is 0.356 e. The second kappa shape index (κ2) is 8.29. The first kappa shape index (κ1) is 17.0. The van der Waals surface area contributed by atoms with Crippen LogP contribution < -0.4 is 16.0 Å². The third kappa shape index (κ3) is 5.10. The van der Waals surface area contributed by atoms with E-state index in [1.54, 1.807) is 11.8 Å². The fourth-order valence-electron chi connectivity index (χ4n) is 2.28. The summed E-state index contributed by atoms with van der Waals surface area (Å²) in [6.07, 6.45) is 1.59. The monoisotopic (exact) mass is 341 g/mol. The minimum absolute atomic E-state index is 0.00899. The Hall–Kier alpha value is -1.40. The van der Waals surface area contributed by atoms with Gasteiger partial charge in [0, 0.05) is 35.7 Å². The summed E-state index contributed by atoms with van der Waals surface area (Å²) < 4.78 is 0. The van der Waals surface area contributed by atoms with E-state index in [1.807, 2.05) is 18.2 Å². The van der Waals surface area contributed by atoms with Gasteiger partial charge in [0.25, 0.3) is 0 Å². The van der Waals surface area contributed by atoms with Gasteiger partial charge >= 0.3 is 6.03 Å². The van der Waals surface area contributed by atoms with Gasteiger partial charge in [0.1, 0.15) is 0 Å². The van der Waals surface area contributed by atoms with Crippen molar-refractivity contribution in [2.45, 2.75) is 30.7 Å². The Morgan fingerprint density at radius 1 is 1.32 bits per heavy atom. The summed E-state index contributed by atoms with van der Waals surface area (Å²) >= 11 is 7.84. The standard InChI is InChI=1S/C15H20ClN3O2S/c1-10(20)17-6-2-7-18-15(21)19-13-5-8-22-14-4-3-11(16)9-12(13)14/h3-4,9,13H,2,5-8H2,1H3,(H,17,20)(H2,18,19,21)/t13-/m0/s1. The van der Waals surface area contributed by atoms with Crippen LogP contribution in [0.4, 0.5) is 4.79 Å². The molecule has 0 fully saturated rings. The van der Waals surface area contributed by atoms with Crippen LogP contribution >= 0.6 is 23.4 Å². The highest BCUT2D eigenvalue weighted by atomic mass is 35.5. The predicted molar refractivity (Wildman–Crippen MR) is 89.4 cm³/mol. The van der Waals surface area contributed by atoms with E-state index in [-0.39, 0.29) is 18.0 Å². The number of fused-ring (bicyclic) bond motifs is 1. The molecule has 22 heavy (non-hydrogen) atoms. The van der Waals surface area contributed by atoms with Crippen molar-refractivity contribution in [3.05, 3.63) is 28.8 Å². The van der Waals surface area contributed by atoms with Crippen molar-refractivity contribution in [2.24, 2.45) is 0 Å². The number of urea groups is 1. The summed E-state index contributed by atoms with van der Waals surface area (Å²) in [5, 5.41) is 9.18. The summed E-state index contributed by atoms with van der Waals surface area (Å²) in [5.74, 6) is 0.917. The van der Waals surface area contributed by atoms with Crippen LogP contribution in [-0.4, -0.2) is 30.8 Å². The van der Waals surface area contributed by atoms with E-state index in [0.29, 0.717) is 24.5 Å². The van der Waals surface area contributed by atoms with Crippen LogP contribution in [0.3, 0.4) is 0 Å². The molecule has 1 atom stereocenters. The van der Waals surface area contributed by atoms with Crippen molar-refractivity contribution < 1.29 is 9.59 Å². The topological polar surface area (TPSA) is 70.2 Å². The first-order chi connectivity index (χ1) is 10.6. The van der Waals surface area contributed by atoms with Crippen molar-refractivity contribution in [2.75, 3.05) is 18.8 Å². The fraction of sp³-hybridized carbons (Fsp3) is 0.467. The highest BCUT2D eigenvalue weighted by molar-refractivity contribution is 7.99. The van der Waals surface area contributed by atoms with E-state index >= 15 is 0 Å². The Labute approximate surface area is 139 Å². The van der Waals surface area contributed by atoms with Crippen molar-refractivity contribution >= 4 is 35.3 Å². The lowest BCUT2D eigenvalue weighted by Crippen LogP contribution is -2.40. The van der Waals surface area contributed by atoms with Crippen LogP contribution in [0.1, 0.15) is 31.4 Å². The number of carbonyl (C=O) groups excluding carboxylic acids is 2. The van der Waals surface area contributed by atoms with Crippen molar-refractivity contribution in [1.82, 2.24) is 16.0 Å². The van der Waals surface area contributed by atoms with Gasteiger partial charge in [-0.1, -0.05) is 11.6 Å². The summed E-state index contributed by atoms with van der Waals surface area (Å²) in [6.45, 7) is 2.56. The van der Waals surface area contributed by atoms with Crippen molar-refractivity contribution in [3.63, 3.8) is 0 Å². The Morgan fingerprint density at radius 3 is 2.86 bits per heavy atom. The van der Waals surface area contributed by atoms with E-state index in [2.05, 4.69) is 16.0 Å². The van der Waals surface area contributed by atoms with Crippen LogP contribution in [0.25, 0.3) is 0 Å². The van der Waals surface area contributed by atoms with Gasteiger partial charge in [0.15, 0.2) is 0 Å². The minimum Gasteiger partial charge on any atom is -0.356 e. The molecule has 0 aliphatic carbocycles. The smallest absolute Gasteiger partial charge is 0.315 e. The molecule has 0 unspecified atom stereocenters. The van der Waals surface area contributed by atoms with Gasteiger partial charge in [-0.15, -0.1) is 11.8 Å². The molecule has 0 saturated heterocycles. The Balaban J connectivity index is 1.80. The Bertz CT molecular complexity index is 554. The molecular formula is C15H20ClN3O2S. The summed E-state index contributed by atoms with van der Waals surface area (Å²) in [6, 6.07) is 5.60. The third-order valence-electron chi connectivity index (χ3n) is 3.33. The van der Waals surface area contributed by atoms with Gasteiger partial charge in [0.05, 0.1) is 6.04 Å². The molecule has 0 saturated carbocycles. The number of rotatable bonds is 5. The maximum atomic E-state index is 12.0. The normalized spacial score (nSPS) is 16.5.